The van der Waals surface area contributed by atoms with Crippen molar-refractivity contribution >= 4 is 16.2 Å². The molecule has 5 nitrogen and oxygen atoms in total. The van der Waals surface area contributed by atoms with Gasteiger partial charge in [0.15, 0.2) is 5.78 Å². The zero-order valence-corrected chi connectivity index (χ0v) is 11.2. The average molecular weight is 282 g/mol. The molecule has 0 amide bonds. The van der Waals surface area contributed by atoms with E-state index in [0.29, 0.717) is 6.42 Å². The van der Waals surface area contributed by atoms with E-state index in [1.807, 2.05) is 24.3 Å². The lowest BCUT2D eigenvalue weighted by Gasteiger charge is -2.22. The summed E-state index contributed by atoms with van der Waals surface area (Å²) in [4.78, 5) is 12.2. The Bertz CT molecular complexity index is 622. The highest BCUT2D eigenvalue weighted by molar-refractivity contribution is 7.81. The van der Waals surface area contributed by atoms with E-state index in [4.69, 9.17) is 4.18 Å². The predicted molar refractivity (Wildman–Crippen MR) is 67.0 cm³/mol. The molecule has 1 aromatic carbocycles. The molecule has 0 heterocycles. The maximum atomic E-state index is 12.2. The van der Waals surface area contributed by atoms with Gasteiger partial charge in [-0.2, -0.15) is 8.42 Å². The topological polar surface area (TPSA) is 69.7 Å². The standard InChI is InChI=1S/C13H14O5S/c1-2-17-19(15,16)18-11-7-10-8-5-3-4-6-9(8)12(11)13(10)14/h3-6,10-12H,2,7H2,1H3/t10-,11+,12-/m1/s1. The summed E-state index contributed by atoms with van der Waals surface area (Å²) < 4.78 is 32.6. The molecule has 3 atom stereocenters. The molecular weight excluding hydrogens is 268 g/mol. The van der Waals surface area contributed by atoms with Crippen LogP contribution in [0.5, 0.6) is 0 Å². The minimum absolute atomic E-state index is 0.0215. The number of carbonyl (C=O) groups excluding carboxylic acids is 1. The van der Waals surface area contributed by atoms with Crippen LogP contribution in [-0.2, 0) is 23.6 Å². The first-order chi connectivity index (χ1) is 9.03. The summed E-state index contributed by atoms with van der Waals surface area (Å²) in [7, 11) is -4.02. The number of benzene rings is 1. The third kappa shape index (κ3) is 2.00. The van der Waals surface area contributed by atoms with Crippen LogP contribution in [0.3, 0.4) is 0 Å². The van der Waals surface area contributed by atoms with Crippen LogP contribution >= 0.6 is 0 Å². The van der Waals surface area contributed by atoms with Gasteiger partial charge in [-0.05, 0) is 24.5 Å². The molecule has 0 aromatic heterocycles. The lowest BCUT2D eigenvalue weighted by molar-refractivity contribution is -0.119. The number of hydrogen-bond donors (Lipinski definition) is 0. The fourth-order valence-electron chi connectivity index (χ4n) is 3.05. The monoisotopic (exact) mass is 282 g/mol. The molecule has 1 aromatic rings. The summed E-state index contributed by atoms with van der Waals surface area (Å²) >= 11 is 0. The minimum Gasteiger partial charge on any atom is -0.298 e. The van der Waals surface area contributed by atoms with Crippen molar-refractivity contribution in [3.8, 4) is 0 Å². The number of Topliss-reactive ketones (excluding diaryl/α,β-unsaturated/α-hetero) is 1. The minimum atomic E-state index is -4.02. The Balaban J connectivity index is 1.88. The van der Waals surface area contributed by atoms with Crippen LogP contribution in [0.15, 0.2) is 24.3 Å². The van der Waals surface area contributed by atoms with Crippen molar-refractivity contribution < 1.29 is 21.6 Å². The van der Waals surface area contributed by atoms with E-state index in [1.165, 1.54) is 0 Å². The van der Waals surface area contributed by atoms with Crippen molar-refractivity contribution in [3.05, 3.63) is 35.4 Å². The van der Waals surface area contributed by atoms with E-state index < -0.39 is 22.4 Å². The Morgan fingerprint density at radius 2 is 1.95 bits per heavy atom. The van der Waals surface area contributed by atoms with Crippen molar-refractivity contribution in [2.75, 3.05) is 6.61 Å². The van der Waals surface area contributed by atoms with Gasteiger partial charge in [-0.25, -0.2) is 8.37 Å². The molecule has 1 saturated carbocycles. The summed E-state index contributed by atoms with van der Waals surface area (Å²) in [5.41, 5.74) is 1.90. The molecule has 0 saturated heterocycles. The van der Waals surface area contributed by atoms with Gasteiger partial charge in [-0.15, -0.1) is 0 Å². The van der Waals surface area contributed by atoms with E-state index in [-0.39, 0.29) is 18.3 Å². The third-order valence-corrected chi connectivity index (χ3v) is 4.71. The second kappa shape index (κ2) is 4.40. The van der Waals surface area contributed by atoms with E-state index in [0.717, 1.165) is 11.1 Å². The SMILES string of the molecule is CCOS(=O)(=O)O[C@H]1C[C@H]2C(=O)[C@@H]1c1ccccc12. The van der Waals surface area contributed by atoms with E-state index in [9.17, 15) is 13.2 Å². The van der Waals surface area contributed by atoms with Gasteiger partial charge in [0.2, 0.25) is 0 Å². The van der Waals surface area contributed by atoms with Gasteiger partial charge in [0.05, 0.1) is 18.6 Å². The van der Waals surface area contributed by atoms with Gasteiger partial charge in [-0.3, -0.25) is 4.79 Å². The molecule has 3 rings (SSSR count). The number of carbonyl (C=O) groups is 1. The van der Waals surface area contributed by atoms with Crippen LogP contribution in [-0.4, -0.2) is 26.9 Å². The van der Waals surface area contributed by atoms with Crippen molar-refractivity contribution in [1.29, 1.82) is 0 Å². The molecular formula is C13H14O5S. The molecule has 0 N–H and O–H groups in total. The first kappa shape index (κ1) is 12.8. The van der Waals surface area contributed by atoms with Gasteiger partial charge >= 0.3 is 10.4 Å². The second-order valence-electron chi connectivity index (χ2n) is 4.75. The van der Waals surface area contributed by atoms with E-state index >= 15 is 0 Å². The maximum Gasteiger partial charge on any atom is 0.400 e. The molecule has 2 aliphatic rings. The number of fused-ring (bicyclic) bond motifs is 5. The fourth-order valence-corrected chi connectivity index (χ4v) is 3.88. The van der Waals surface area contributed by atoms with Crippen LogP contribution in [0.1, 0.15) is 36.3 Å². The smallest absolute Gasteiger partial charge is 0.298 e. The van der Waals surface area contributed by atoms with Crippen LogP contribution in [0, 0.1) is 0 Å². The molecule has 0 radical (unpaired) electrons. The van der Waals surface area contributed by atoms with Gasteiger partial charge in [0.25, 0.3) is 0 Å². The van der Waals surface area contributed by atoms with Gasteiger partial charge < -0.3 is 0 Å². The number of ketones is 1. The highest BCUT2D eigenvalue weighted by Crippen LogP contribution is 2.51. The Morgan fingerprint density at radius 1 is 1.26 bits per heavy atom. The molecule has 0 spiro atoms. The van der Waals surface area contributed by atoms with Gasteiger partial charge in [0, 0.05) is 5.92 Å². The molecule has 19 heavy (non-hydrogen) atoms. The third-order valence-electron chi connectivity index (χ3n) is 3.70. The summed E-state index contributed by atoms with van der Waals surface area (Å²) in [6.07, 6.45) is -0.226. The zero-order valence-electron chi connectivity index (χ0n) is 10.4. The van der Waals surface area contributed by atoms with Crippen LogP contribution < -0.4 is 0 Å². The molecule has 1 fully saturated rings. The van der Waals surface area contributed by atoms with Crippen LogP contribution in [0.2, 0.25) is 0 Å². The quantitative estimate of drug-likeness (QED) is 0.837. The molecule has 102 valence electrons. The second-order valence-corrected chi connectivity index (χ2v) is 5.99. The lowest BCUT2D eigenvalue weighted by Crippen LogP contribution is -2.25. The maximum absolute atomic E-state index is 12.2. The first-order valence-corrected chi connectivity index (χ1v) is 7.57. The summed E-state index contributed by atoms with van der Waals surface area (Å²) in [5.74, 6) is -0.655. The van der Waals surface area contributed by atoms with Crippen LogP contribution in [0.4, 0.5) is 0 Å². The van der Waals surface area contributed by atoms with Crippen molar-refractivity contribution in [2.24, 2.45) is 0 Å². The Kier molecular flexibility index (Phi) is 2.96. The summed E-state index contributed by atoms with van der Waals surface area (Å²) in [5, 5.41) is 0. The van der Waals surface area contributed by atoms with E-state index in [2.05, 4.69) is 4.18 Å². The fraction of sp³-hybridized carbons (Fsp3) is 0.462. The average Bonchev–Trinajstić information content (AvgIpc) is 2.79. The Labute approximate surface area is 111 Å². The van der Waals surface area contributed by atoms with Crippen molar-refractivity contribution in [1.82, 2.24) is 0 Å². The Hall–Kier alpha value is -1.24. The Morgan fingerprint density at radius 3 is 2.63 bits per heavy atom. The van der Waals surface area contributed by atoms with Gasteiger partial charge in [0.1, 0.15) is 0 Å². The predicted octanol–water partition coefficient (Wildman–Crippen LogP) is 1.51. The molecule has 2 bridgehead atoms. The highest BCUT2D eigenvalue weighted by Gasteiger charge is 2.52. The van der Waals surface area contributed by atoms with Crippen LogP contribution in [0.25, 0.3) is 0 Å². The first-order valence-electron chi connectivity index (χ1n) is 6.23. The molecule has 0 unspecified atom stereocenters. The summed E-state index contributed by atoms with van der Waals surface area (Å²) in [6, 6.07) is 7.52. The zero-order chi connectivity index (χ0) is 13.6. The summed E-state index contributed by atoms with van der Waals surface area (Å²) in [6.45, 7) is 1.59. The number of rotatable bonds is 4. The van der Waals surface area contributed by atoms with Crippen molar-refractivity contribution in [2.45, 2.75) is 31.3 Å². The highest BCUT2D eigenvalue weighted by atomic mass is 32.3. The van der Waals surface area contributed by atoms with Crippen molar-refractivity contribution in [3.63, 3.8) is 0 Å². The largest absolute Gasteiger partial charge is 0.400 e. The molecule has 6 heteroatoms. The lowest BCUT2D eigenvalue weighted by atomic mass is 9.90. The normalized spacial score (nSPS) is 28.7. The molecule has 2 aliphatic carbocycles. The molecule has 0 aliphatic heterocycles. The van der Waals surface area contributed by atoms with Gasteiger partial charge in [-0.1, -0.05) is 24.3 Å². The van der Waals surface area contributed by atoms with E-state index in [1.54, 1.807) is 6.92 Å². The number of hydrogen-bond acceptors (Lipinski definition) is 5.